The van der Waals surface area contributed by atoms with Crippen LogP contribution in [0.3, 0.4) is 0 Å². The van der Waals surface area contributed by atoms with Gasteiger partial charge in [-0.2, -0.15) is 0 Å². The van der Waals surface area contributed by atoms with E-state index >= 15 is 0 Å². The molecule has 0 bridgehead atoms. The summed E-state index contributed by atoms with van der Waals surface area (Å²) >= 11 is 0. The molecule has 0 saturated heterocycles. The van der Waals surface area contributed by atoms with Crippen LogP contribution >= 0.6 is 0 Å². The van der Waals surface area contributed by atoms with E-state index in [0.717, 1.165) is 19.3 Å². The first-order chi connectivity index (χ1) is 7.15. The van der Waals surface area contributed by atoms with E-state index in [1.54, 1.807) is 0 Å². The number of carbonyl (C=O) groups excluding carboxylic acids is 1. The SMILES string of the molecule is CCCCNC(=O)[C@@H]1CC[C@H](C(=O)O)C1. The number of hydrogen-bond acceptors (Lipinski definition) is 2. The molecular weight excluding hydrogens is 194 g/mol. The van der Waals surface area contributed by atoms with Gasteiger partial charge in [0.1, 0.15) is 0 Å². The van der Waals surface area contributed by atoms with E-state index in [1.807, 2.05) is 0 Å². The van der Waals surface area contributed by atoms with Crippen LogP contribution in [0.15, 0.2) is 0 Å². The van der Waals surface area contributed by atoms with Crippen LogP contribution in [0.4, 0.5) is 0 Å². The van der Waals surface area contributed by atoms with Gasteiger partial charge in [-0.3, -0.25) is 9.59 Å². The molecule has 1 amide bonds. The summed E-state index contributed by atoms with van der Waals surface area (Å²) in [7, 11) is 0. The molecule has 1 rings (SSSR count). The minimum absolute atomic E-state index is 0.0344. The summed E-state index contributed by atoms with van der Waals surface area (Å²) < 4.78 is 0. The van der Waals surface area contributed by atoms with Crippen molar-refractivity contribution < 1.29 is 14.7 Å². The van der Waals surface area contributed by atoms with Crippen molar-refractivity contribution >= 4 is 11.9 Å². The quantitative estimate of drug-likeness (QED) is 0.678. The number of nitrogens with one attached hydrogen (secondary N) is 1. The van der Waals surface area contributed by atoms with E-state index in [1.165, 1.54) is 0 Å². The van der Waals surface area contributed by atoms with Crippen molar-refractivity contribution in [1.29, 1.82) is 0 Å². The van der Waals surface area contributed by atoms with Crippen LogP contribution < -0.4 is 5.32 Å². The number of amides is 1. The second-order valence-electron chi connectivity index (χ2n) is 4.19. The first kappa shape index (κ1) is 12.0. The Bertz CT molecular complexity index is 240. The number of carboxylic acid groups (broad SMARTS) is 1. The van der Waals surface area contributed by atoms with Crippen LogP contribution in [-0.2, 0) is 9.59 Å². The molecule has 0 aromatic heterocycles. The molecule has 2 N–H and O–H groups in total. The van der Waals surface area contributed by atoms with E-state index < -0.39 is 5.97 Å². The highest BCUT2D eigenvalue weighted by molar-refractivity contribution is 5.80. The van der Waals surface area contributed by atoms with Crippen molar-refractivity contribution in [3.05, 3.63) is 0 Å². The highest BCUT2D eigenvalue weighted by atomic mass is 16.4. The Morgan fingerprint density at radius 1 is 1.33 bits per heavy atom. The number of carboxylic acids is 1. The minimum Gasteiger partial charge on any atom is -0.481 e. The van der Waals surface area contributed by atoms with Crippen LogP contribution in [0.2, 0.25) is 0 Å². The van der Waals surface area contributed by atoms with Gasteiger partial charge >= 0.3 is 5.97 Å². The fourth-order valence-corrected chi connectivity index (χ4v) is 1.98. The largest absolute Gasteiger partial charge is 0.481 e. The van der Waals surface area contributed by atoms with Gasteiger partial charge in [-0.25, -0.2) is 0 Å². The van der Waals surface area contributed by atoms with Gasteiger partial charge in [-0.1, -0.05) is 13.3 Å². The lowest BCUT2D eigenvalue weighted by Gasteiger charge is -2.09. The Hall–Kier alpha value is -1.06. The molecule has 0 heterocycles. The fourth-order valence-electron chi connectivity index (χ4n) is 1.98. The molecule has 15 heavy (non-hydrogen) atoms. The number of aliphatic carboxylic acids is 1. The minimum atomic E-state index is -0.765. The zero-order valence-electron chi connectivity index (χ0n) is 9.16. The molecule has 0 spiro atoms. The van der Waals surface area contributed by atoms with Crippen LogP contribution in [-0.4, -0.2) is 23.5 Å². The number of carbonyl (C=O) groups is 2. The summed E-state index contributed by atoms with van der Waals surface area (Å²) in [4.78, 5) is 22.3. The third kappa shape index (κ3) is 3.53. The van der Waals surface area contributed by atoms with Crippen molar-refractivity contribution in [3.63, 3.8) is 0 Å². The first-order valence-electron chi connectivity index (χ1n) is 5.65. The Balaban J connectivity index is 2.27. The molecule has 0 aromatic rings. The summed E-state index contributed by atoms with van der Waals surface area (Å²) in [5.74, 6) is -1.12. The van der Waals surface area contributed by atoms with E-state index in [9.17, 15) is 9.59 Å². The van der Waals surface area contributed by atoms with Gasteiger partial charge in [0.15, 0.2) is 0 Å². The fraction of sp³-hybridized carbons (Fsp3) is 0.818. The van der Waals surface area contributed by atoms with Gasteiger partial charge in [0.05, 0.1) is 5.92 Å². The first-order valence-corrected chi connectivity index (χ1v) is 5.65. The van der Waals surface area contributed by atoms with Gasteiger partial charge in [0.2, 0.25) is 5.91 Å². The predicted molar refractivity (Wildman–Crippen MR) is 56.4 cm³/mol. The number of unbranched alkanes of at least 4 members (excludes halogenated alkanes) is 1. The molecule has 2 atom stereocenters. The topological polar surface area (TPSA) is 66.4 Å². The molecule has 1 aliphatic rings. The van der Waals surface area contributed by atoms with E-state index in [-0.39, 0.29) is 17.7 Å². The molecule has 86 valence electrons. The summed E-state index contributed by atoms with van der Waals surface area (Å²) in [5, 5.41) is 11.6. The average molecular weight is 213 g/mol. The highest BCUT2D eigenvalue weighted by Gasteiger charge is 2.33. The molecule has 1 saturated carbocycles. The zero-order valence-corrected chi connectivity index (χ0v) is 9.16. The lowest BCUT2D eigenvalue weighted by Crippen LogP contribution is -2.30. The normalized spacial score (nSPS) is 25.1. The highest BCUT2D eigenvalue weighted by Crippen LogP contribution is 2.30. The lowest BCUT2D eigenvalue weighted by atomic mass is 10.0. The van der Waals surface area contributed by atoms with Crippen molar-refractivity contribution in [1.82, 2.24) is 5.32 Å². The Morgan fingerprint density at radius 2 is 2.00 bits per heavy atom. The standard InChI is InChI=1S/C11H19NO3/c1-2-3-6-12-10(13)8-4-5-9(7-8)11(14)15/h8-9H,2-7H2,1H3,(H,12,13)(H,14,15)/t8-,9+/m1/s1. The third-order valence-electron chi connectivity index (χ3n) is 2.98. The van der Waals surface area contributed by atoms with Crippen molar-refractivity contribution in [3.8, 4) is 0 Å². The summed E-state index contributed by atoms with van der Waals surface area (Å²) in [6.07, 6.45) is 3.91. The van der Waals surface area contributed by atoms with Crippen LogP contribution in [0, 0.1) is 11.8 Å². The van der Waals surface area contributed by atoms with Gasteiger partial charge in [-0.15, -0.1) is 0 Å². The van der Waals surface area contributed by atoms with E-state index in [0.29, 0.717) is 19.4 Å². The third-order valence-corrected chi connectivity index (χ3v) is 2.98. The van der Waals surface area contributed by atoms with Crippen LogP contribution in [0.1, 0.15) is 39.0 Å². The molecule has 0 radical (unpaired) electrons. The summed E-state index contributed by atoms with van der Waals surface area (Å²) in [5.41, 5.74) is 0. The van der Waals surface area contributed by atoms with E-state index in [2.05, 4.69) is 12.2 Å². The second-order valence-corrected chi connectivity index (χ2v) is 4.19. The van der Waals surface area contributed by atoms with Gasteiger partial charge in [0, 0.05) is 12.5 Å². The van der Waals surface area contributed by atoms with Crippen molar-refractivity contribution in [2.45, 2.75) is 39.0 Å². The average Bonchev–Trinajstić information content (AvgIpc) is 2.66. The predicted octanol–water partition coefficient (Wildman–Crippen LogP) is 1.40. The van der Waals surface area contributed by atoms with Gasteiger partial charge in [-0.05, 0) is 25.7 Å². The zero-order chi connectivity index (χ0) is 11.3. The molecule has 1 aliphatic carbocycles. The maximum atomic E-state index is 11.6. The monoisotopic (exact) mass is 213 g/mol. The Morgan fingerprint density at radius 3 is 2.53 bits per heavy atom. The summed E-state index contributed by atoms with van der Waals surface area (Å²) in [6.45, 7) is 2.78. The molecule has 0 aromatic carbocycles. The second kappa shape index (κ2) is 5.73. The van der Waals surface area contributed by atoms with Crippen molar-refractivity contribution in [2.24, 2.45) is 11.8 Å². The maximum absolute atomic E-state index is 11.6. The smallest absolute Gasteiger partial charge is 0.306 e. The van der Waals surface area contributed by atoms with Gasteiger partial charge in [0.25, 0.3) is 0 Å². The molecule has 1 fully saturated rings. The summed E-state index contributed by atoms with van der Waals surface area (Å²) in [6, 6.07) is 0. The van der Waals surface area contributed by atoms with E-state index in [4.69, 9.17) is 5.11 Å². The molecule has 4 heteroatoms. The number of hydrogen-bond donors (Lipinski definition) is 2. The van der Waals surface area contributed by atoms with Crippen LogP contribution in [0.5, 0.6) is 0 Å². The maximum Gasteiger partial charge on any atom is 0.306 e. The molecular formula is C11H19NO3. The van der Waals surface area contributed by atoms with Gasteiger partial charge < -0.3 is 10.4 Å². The molecule has 0 unspecified atom stereocenters. The number of rotatable bonds is 5. The Labute approximate surface area is 90.0 Å². The lowest BCUT2D eigenvalue weighted by molar-refractivity contribution is -0.141. The Kier molecular flexibility index (Phi) is 4.59. The molecule has 0 aliphatic heterocycles. The molecule has 4 nitrogen and oxygen atoms in total. The van der Waals surface area contributed by atoms with Crippen molar-refractivity contribution in [2.75, 3.05) is 6.54 Å². The van der Waals surface area contributed by atoms with Crippen LogP contribution in [0.25, 0.3) is 0 Å².